The highest BCUT2D eigenvalue weighted by Gasteiger charge is 2.24. The van der Waals surface area contributed by atoms with E-state index in [-0.39, 0.29) is 0 Å². The molecule has 0 atom stereocenters. The van der Waals surface area contributed by atoms with Crippen molar-refractivity contribution in [3.05, 3.63) is 89.5 Å². The molecule has 0 aliphatic heterocycles. The molecule has 2 aromatic heterocycles. The van der Waals surface area contributed by atoms with E-state index in [2.05, 4.69) is 22.8 Å². The standard InChI is InChI=1S/C31H28NO/c1-18(2)23-11-8-12-27-24(23)13-14-28(32(27)5)30-20(4)19(3)15-26-25-16-21-9-6-7-10-22(21)17-29(25)33-31(26)30/h6-18H,1-5H3/q+1/i3D3,18D. The molecule has 2 heteroatoms. The number of benzene rings is 4. The monoisotopic (exact) mass is 434 g/mol. The van der Waals surface area contributed by atoms with Gasteiger partial charge in [0.1, 0.15) is 18.2 Å². The van der Waals surface area contributed by atoms with Crippen LogP contribution in [0.3, 0.4) is 0 Å². The van der Waals surface area contributed by atoms with Crippen LogP contribution in [0.25, 0.3) is 54.9 Å². The number of hydrogen-bond donors (Lipinski definition) is 0. The molecule has 33 heavy (non-hydrogen) atoms. The van der Waals surface area contributed by atoms with Gasteiger partial charge in [0.15, 0.2) is 0 Å². The summed E-state index contributed by atoms with van der Waals surface area (Å²) in [6, 6.07) is 24.1. The van der Waals surface area contributed by atoms with Crippen molar-refractivity contribution in [1.29, 1.82) is 0 Å². The topological polar surface area (TPSA) is 17.0 Å². The molecule has 0 saturated carbocycles. The SMILES string of the molecule is [2H]C([2H])([2H])c1cc2c(oc3cc4ccccc4cc32)c(-c2ccc3c(C([2H])(C)C)cccc3[n+]2C)c1C. The first-order valence-electron chi connectivity index (χ1n) is 13.3. The van der Waals surface area contributed by atoms with Crippen molar-refractivity contribution < 1.29 is 14.5 Å². The van der Waals surface area contributed by atoms with E-state index in [1.807, 2.05) is 76.3 Å². The van der Waals surface area contributed by atoms with Crippen LogP contribution in [-0.2, 0) is 7.05 Å². The van der Waals surface area contributed by atoms with Crippen molar-refractivity contribution in [1.82, 2.24) is 0 Å². The zero-order chi connectivity index (χ0) is 26.3. The van der Waals surface area contributed by atoms with Crippen molar-refractivity contribution >= 4 is 43.6 Å². The first-order valence-corrected chi connectivity index (χ1v) is 11.3. The highest BCUT2D eigenvalue weighted by Crippen LogP contribution is 2.40. The van der Waals surface area contributed by atoms with E-state index in [9.17, 15) is 0 Å². The number of pyridine rings is 1. The minimum Gasteiger partial charge on any atom is -0.455 e. The molecule has 2 heterocycles. The quantitative estimate of drug-likeness (QED) is 0.251. The van der Waals surface area contributed by atoms with E-state index in [1.54, 1.807) is 6.07 Å². The number of furan rings is 1. The van der Waals surface area contributed by atoms with Crippen LogP contribution in [0.2, 0.25) is 0 Å². The van der Waals surface area contributed by atoms with E-state index in [1.165, 1.54) is 0 Å². The third-order valence-corrected chi connectivity index (χ3v) is 6.90. The Morgan fingerprint density at radius 1 is 0.879 bits per heavy atom. The Labute approximate surface area is 199 Å². The summed E-state index contributed by atoms with van der Waals surface area (Å²) in [7, 11) is 1.99. The molecule has 0 bridgehead atoms. The Morgan fingerprint density at radius 2 is 1.67 bits per heavy atom. The summed E-state index contributed by atoms with van der Waals surface area (Å²) in [5.74, 6) is -0.751. The van der Waals surface area contributed by atoms with Gasteiger partial charge < -0.3 is 4.42 Å². The number of nitrogens with zero attached hydrogens (tertiary/aromatic N) is 1. The zero-order valence-electron chi connectivity index (χ0n) is 23.3. The van der Waals surface area contributed by atoms with Crippen LogP contribution in [0, 0.1) is 13.8 Å². The van der Waals surface area contributed by atoms with Crippen LogP contribution in [0.1, 0.15) is 41.9 Å². The molecule has 4 aromatic carbocycles. The van der Waals surface area contributed by atoms with Crippen LogP contribution >= 0.6 is 0 Å². The lowest BCUT2D eigenvalue weighted by Gasteiger charge is -2.12. The minimum atomic E-state index is -2.27. The summed E-state index contributed by atoms with van der Waals surface area (Å²) in [5.41, 5.74) is 6.00. The minimum absolute atomic E-state index is 0.326. The van der Waals surface area contributed by atoms with Gasteiger partial charge in [-0.25, -0.2) is 0 Å². The van der Waals surface area contributed by atoms with E-state index in [0.717, 1.165) is 54.9 Å². The zero-order valence-corrected chi connectivity index (χ0v) is 19.3. The summed E-state index contributed by atoms with van der Waals surface area (Å²) < 4.78 is 42.1. The summed E-state index contributed by atoms with van der Waals surface area (Å²) in [6.07, 6.45) is 0. The number of aromatic nitrogens is 1. The lowest BCUT2D eigenvalue weighted by Crippen LogP contribution is -2.32. The molecule has 0 radical (unpaired) electrons. The van der Waals surface area contributed by atoms with Gasteiger partial charge >= 0.3 is 0 Å². The molecule has 6 rings (SSSR count). The first-order chi connectivity index (χ1) is 17.4. The van der Waals surface area contributed by atoms with Gasteiger partial charge in [-0.15, -0.1) is 0 Å². The normalized spacial score (nSPS) is 14.5. The molecule has 0 unspecified atom stereocenters. The van der Waals surface area contributed by atoms with Crippen LogP contribution in [0.4, 0.5) is 0 Å². The number of aryl methyl sites for hydroxylation is 2. The van der Waals surface area contributed by atoms with Crippen molar-refractivity contribution in [2.75, 3.05) is 0 Å². The lowest BCUT2D eigenvalue weighted by atomic mass is 9.94. The second-order valence-corrected chi connectivity index (χ2v) is 9.11. The van der Waals surface area contributed by atoms with Crippen LogP contribution < -0.4 is 4.57 Å². The van der Waals surface area contributed by atoms with E-state index >= 15 is 0 Å². The van der Waals surface area contributed by atoms with Gasteiger partial charge in [-0.2, -0.15) is 4.57 Å². The third kappa shape index (κ3) is 2.90. The second kappa shape index (κ2) is 7.18. The summed E-state index contributed by atoms with van der Waals surface area (Å²) >= 11 is 0. The molecule has 2 nitrogen and oxygen atoms in total. The van der Waals surface area contributed by atoms with E-state index in [0.29, 0.717) is 16.7 Å². The number of fused-ring (bicyclic) bond motifs is 5. The Morgan fingerprint density at radius 3 is 2.42 bits per heavy atom. The lowest BCUT2D eigenvalue weighted by molar-refractivity contribution is -0.633. The number of rotatable bonds is 2. The largest absolute Gasteiger partial charge is 0.455 e. The highest BCUT2D eigenvalue weighted by molar-refractivity contribution is 6.13. The first kappa shape index (κ1) is 16.0. The molecular formula is C31H28NO+. The van der Waals surface area contributed by atoms with Crippen LogP contribution in [0.5, 0.6) is 0 Å². The molecule has 0 spiro atoms. The average Bonchev–Trinajstić information content (AvgIpc) is 3.18. The molecule has 6 aromatic rings. The van der Waals surface area contributed by atoms with Gasteiger partial charge in [0.2, 0.25) is 11.2 Å². The van der Waals surface area contributed by atoms with Crippen molar-refractivity contribution in [3.8, 4) is 11.3 Å². The van der Waals surface area contributed by atoms with Gasteiger partial charge in [0, 0.05) is 33.8 Å². The fourth-order valence-electron chi connectivity index (χ4n) is 5.11. The summed E-state index contributed by atoms with van der Waals surface area (Å²) in [4.78, 5) is 0. The molecule has 0 saturated heterocycles. The van der Waals surface area contributed by atoms with Crippen molar-refractivity contribution in [2.24, 2.45) is 7.05 Å². The molecule has 0 amide bonds. The molecule has 0 aliphatic rings. The summed E-state index contributed by atoms with van der Waals surface area (Å²) in [5, 5.41) is 4.86. The smallest absolute Gasteiger partial charge is 0.216 e. The maximum Gasteiger partial charge on any atom is 0.216 e. The number of hydrogen-bond acceptors (Lipinski definition) is 1. The van der Waals surface area contributed by atoms with Gasteiger partial charge in [-0.3, -0.25) is 0 Å². The van der Waals surface area contributed by atoms with Gasteiger partial charge in [0.05, 0.1) is 5.56 Å². The molecular weight excluding hydrogens is 402 g/mol. The predicted molar refractivity (Wildman–Crippen MR) is 139 cm³/mol. The van der Waals surface area contributed by atoms with Crippen LogP contribution in [-0.4, -0.2) is 0 Å². The Balaban J connectivity index is 1.75. The van der Waals surface area contributed by atoms with E-state index in [4.69, 9.17) is 9.90 Å². The average molecular weight is 435 g/mol. The molecule has 162 valence electrons. The van der Waals surface area contributed by atoms with Gasteiger partial charge in [-0.1, -0.05) is 50.2 Å². The maximum absolute atomic E-state index is 8.62. The molecule has 0 N–H and O–H groups in total. The Bertz CT molecular complexity index is 1870. The van der Waals surface area contributed by atoms with E-state index < -0.39 is 12.7 Å². The summed E-state index contributed by atoms with van der Waals surface area (Å²) in [6.45, 7) is 3.38. The fourth-order valence-corrected chi connectivity index (χ4v) is 5.11. The molecule has 0 aliphatic carbocycles. The highest BCUT2D eigenvalue weighted by atomic mass is 16.3. The van der Waals surface area contributed by atoms with Gasteiger partial charge in [0.25, 0.3) is 0 Å². The van der Waals surface area contributed by atoms with Crippen LogP contribution in [0.15, 0.2) is 77.2 Å². The van der Waals surface area contributed by atoms with Crippen molar-refractivity contribution in [2.45, 2.75) is 33.5 Å². The van der Waals surface area contributed by atoms with Gasteiger partial charge in [-0.05, 0) is 71.4 Å². The fraction of sp³-hybridized carbons (Fsp3) is 0.194. The Kier molecular flexibility index (Phi) is 3.49. The Hall–Kier alpha value is -3.65. The van der Waals surface area contributed by atoms with Crippen molar-refractivity contribution in [3.63, 3.8) is 0 Å². The molecule has 0 fully saturated rings. The third-order valence-electron chi connectivity index (χ3n) is 6.90. The maximum atomic E-state index is 8.62. The second-order valence-electron chi connectivity index (χ2n) is 9.11. The predicted octanol–water partition coefficient (Wildman–Crippen LogP) is 8.12.